The second kappa shape index (κ2) is 35.2. The molecule has 0 saturated heterocycles. The van der Waals surface area contributed by atoms with Gasteiger partial charge in [0.2, 0.25) is 5.91 Å². The van der Waals surface area contributed by atoms with Crippen LogP contribution in [-0.4, -0.2) is 41.3 Å². The van der Waals surface area contributed by atoms with Crippen molar-refractivity contribution in [1.82, 2.24) is 20.4 Å². The minimum atomic E-state index is -0.288. The van der Waals surface area contributed by atoms with Crippen molar-refractivity contribution in [3.8, 4) is 22.8 Å². The van der Waals surface area contributed by atoms with Crippen molar-refractivity contribution in [2.24, 2.45) is 17.8 Å². The van der Waals surface area contributed by atoms with Crippen LogP contribution in [0.4, 0.5) is 0 Å². The van der Waals surface area contributed by atoms with Crippen LogP contribution < -0.4 is 20.1 Å². The van der Waals surface area contributed by atoms with E-state index in [2.05, 4.69) is 72.9 Å². The maximum absolute atomic E-state index is 13.8. The lowest BCUT2D eigenvalue weighted by Crippen LogP contribution is -2.40. The molecule has 332 valence electrons. The van der Waals surface area contributed by atoms with Crippen LogP contribution >= 0.6 is 0 Å². The predicted octanol–water partition coefficient (Wildman–Crippen LogP) is 13.9. The van der Waals surface area contributed by atoms with Crippen LogP contribution in [0.3, 0.4) is 0 Å². The molecule has 2 aromatic carbocycles. The minimum Gasteiger partial charge on any atom is -0.496 e. The molecule has 1 aliphatic carbocycles. The summed E-state index contributed by atoms with van der Waals surface area (Å²) in [5, 5.41) is 11.1. The summed E-state index contributed by atoms with van der Waals surface area (Å²) < 4.78 is 14.2. The van der Waals surface area contributed by atoms with Crippen LogP contribution in [0.25, 0.3) is 11.3 Å². The molecule has 1 fully saturated rings. The third-order valence-corrected chi connectivity index (χ3v) is 8.88. The highest BCUT2D eigenvalue weighted by atomic mass is 16.5. The van der Waals surface area contributed by atoms with E-state index in [0.717, 1.165) is 61.3 Å². The highest BCUT2D eigenvalue weighted by molar-refractivity contribution is 5.94. The zero-order valence-electron chi connectivity index (χ0n) is 40.1. The van der Waals surface area contributed by atoms with Crippen LogP contribution in [0, 0.1) is 17.8 Å². The lowest BCUT2D eigenvalue weighted by molar-refractivity contribution is -0.121. The number of carbonyl (C=O) groups excluding carboxylic acids is 2. The van der Waals surface area contributed by atoms with Gasteiger partial charge in [-0.25, -0.2) is 0 Å². The van der Waals surface area contributed by atoms with Gasteiger partial charge in [0.25, 0.3) is 5.91 Å². The molecular formula is C50H88N4O4. The highest BCUT2D eigenvalue weighted by Gasteiger charge is 2.29. The van der Waals surface area contributed by atoms with Crippen molar-refractivity contribution in [2.75, 3.05) is 13.7 Å². The number of methoxy groups -OCH3 is 1. The molecule has 1 aromatic heterocycles. The average Bonchev–Trinajstić information content (AvgIpc) is 3.68. The molecule has 0 spiro atoms. The van der Waals surface area contributed by atoms with E-state index in [1.807, 2.05) is 101 Å². The summed E-state index contributed by atoms with van der Waals surface area (Å²) >= 11 is 0. The van der Waals surface area contributed by atoms with E-state index in [0.29, 0.717) is 48.6 Å². The summed E-state index contributed by atoms with van der Waals surface area (Å²) in [6.45, 7) is 32.5. The third-order valence-electron chi connectivity index (χ3n) is 8.88. The number of rotatable bonds is 16. The molecule has 1 aliphatic rings. The van der Waals surface area contributed by atoms with Gasteiger partial charge in [-0.1, -0.05) is 160 Å². The number of amides is 2. The number of aromatic nitrogens is 2. The Kier molecular flexibility index (Phi) is 34.1. The van der Waals surface area contributed by atoms with Crippen molar-refractivity contribution >= 4 is 11.8 Å². The summed E-state index contributed by atoms with van der Waals surface area (Å²) in [6.07, 6.45) is 9.73. The number of ether oxygens (including phenoxy) is 2. The molecule has 2 amide bonds. The molecular weight excluding hydrogens is 721 g/mol. The topological polar surface area (TPSA) is 94.5 Å². The quantitative estimate of drug-likeness (QED) is 0.141. The van der Waals surface area contributed by atoms with Gasteiger partial charge < -0.3 is 20.1 Å². The molecule has 0 radical (unpaired) electrons. The van der Waals surface area contributed by atoms with Gasteiger partial charge in [-0.05, 0) is 80.0 Å². The van der Waals surface area contributed by atoms with E-state index < -0.39 is 0 Å². The van der Waals surface area contributed by atoms with Crippen molar-refractivity contribution in [3.05, 3.63) is 65.9 Å². The number of hydrogen-bond acceptors (Lipinski definition) is 5. The Hall–Kier alpha value is -3.81. The summed E-state index contributed by atoms with van der Waals surface area (Å²) in [5.41, 5.74) is 2.97. The Balaban J connectivity index is 0. The molecule has 2 N–H and O–H groups in total. The van der Waals surface area contributed by atoms with Crippen LogP contribution in [0.5, 0.6) is 11.5 Å². The number of nitrogens with one attached hydrogen (secondary N) is 2. The molecule has 8 heteroatoms. The van der Waals surface area contributed by atoms with Crippen LogP contribution in [-0.2, 0) is 11.4 Å². The van der Waals surface area contributed by atoms with E-state index in [-0.39, 0.29) is 30.3 Å². The van der Waals surface area contributed by atoms with Gasteiger partial charge in [-0.3, -0.25) is 14.3 Å². The fourth-order valence-electron chi connectivity index (χ4n) is 5.97. The molecule has 0 bridgehead atoms. The zero-order chi connectivity index (χ0) is 44.5. The number of benzene rings is 2. The Morgan fingerprint density at radius 1 is 0.810 bits per heavy atom. The van der Waals surface area contributed by atoms with Crippen LogP contribution in [0.2, 0.25) is 0 Å². The van der Waals surface area contributed by atoms with E-state index in [1.165, 1.54) is 12.8 Å². The molecule has 3 aromatic rings. The highest BCUT2D eigenvalue weighted by Crippen LogP contribution is 2.42. The molecule has 58 heavy (non-hydrogen) atoms. The lowest BCUT2D eigenvalue weighted by atomic mass is 9.87. The lowest BCUT2D eigenvalue weighted by Gasteiger charge is -2.28. The molecule has 1 atom stereocenters. The van der Waals surface area contributed by atoms with Crippen molar-refractivity contribution < 1.29 is 19.1 Å². The molecule has 1 heterocycles. The first-order chi connectivity index (χ1) is 27.9. The monoisotopic (exact) mass is 809 g/mol. The van der Waals surface area contributed by atoms with Gasteiger partial charge in [0.15, 0.2) is 5.69 Å². The summed E-state index contributed by atoms with van der Waals surface area (Å²) in [6, 6.07) is 17.6. The van der Waals surface area contributed by atoms with Crippen LogP contribution in [0.15, 0.2) is 54.6 Å². The maximum atomic E-state index is 13.8. The third kappa shape index (κ3) is 23.0. The zero-order valence-corrected chi connectivity index (χ0v) is 40.1. The largest absolute Gasteiger partial charge is 0.496 e. The summed E-state index contributed by atoms with van der Waals surface area (Å²) in [4.78, 5) is 26.4. The standard InChI is InChI=1S/C36H50N4O4.2C4H10.3C2H6/c1-6-7-20-37-34(41)22-28(21-25(2)3)38-36(42)30-23-31(40(39-30)29-18-16-26(4)17-19-29)35-32(43-5)14-11-15-33(35)44-24-27-12-9-8-10-13-27;1-4(2)3;1-3-4-2;3*1-2/h8-15,23,25-26,28-29H,6-7,16-22,24H2,1-5H3,(H,37,41)(H,38,42);4H,1-3H3;3-4H2,1-2H3;3*1-2H3. The second-order valence-electron chi connectivity index (χ2n) is 15.3. The Morgan fingerprint density at radius 2 is 1.38 bits per heavy atom. The fourth-order valence-corrected chi connectivity index (χ4v) is 5.97. The first kappa shape index (κ1) is 56.3. The van der Waals surface area contributed by atoms with Gasteiger partial charge >= 0.3 is 0 Å². The van der Waals surface area contributed by atoms with Gasteiger partial charge in [-0.15, -0.1) is 0 Å². The van der Waals surface area contributed by atoms with E-state index in [4.69, 9.17) is 14.6 Å². The van der Waals surface area contributed by atoms with E-state index in [1.54, 1.807) is 7.11 Å². The summed E-state index contributed by atoms with van der Waals surface area (Å²) in [5.74, 6) is 2.84. The van der Waals surface area contributed by atoms with Crippen LogP contribution in [0.1, 0.15) is 190 Å². The van der Waals surface area contributed by atoms with E-state index in [9.17, 15) is 9.59 Å². The molecule has 0 aliphatic heterocycles. The van der Waals surface area contributed by atoms with Crippen molar-refractivity contribution in [2.45, 2.75) is 187 Å². The van der Waals surface area contributed by atoms with Gasteiger partial charge in [0.05, 0.1) is 24.4 Å². The molecule has 1 saturated carbocycles. The average molecular weight is 809 g/mol. The molecule has 4 rings (SSSR count). The molecule has 1 unspecified atom stereocenters. The van der Waals surface area contributed by atoms with Gasteiger partial charge in [0, 0.05) is 19.0 Å². The Morgan fingerprint density at radius 3 is 1.90 bits per heavy atom. The van der Waals surface area contributed by atoms with E-state index >= 15 is 0 Å². The molecule has 8 nitrogen and oxygen atoms in total. The normalized spacial score (nSPS) is 14.5. The van der Waals surface area contributed by atoms with Gasteiger partial charge in [0.1, 0.15) is 18.1 Å². The smallest absolute Gasteiger partial charge is 0.272 e. The maximum Gasteiger partial charge on any atom is 0.272 e. The van der Waals surface area contributed by atoms with Crippen molar-refractivity contribution in [1.29, 1.82) is 0 Å². The number of carbonyl (C=O) groups is 2. The Bertz CT molecular complexity index is 1420. The number of nitrogens with zero attached hydrogens (tertiary/aromatic N) is 2. The SMILES string of the molecule is CC.CC.CC.CC(C)C.CCCC.CCCCNC(=O)CC(CC(C)C)NC(=O)c1cc(-c2c(OC)cccc2OCc2ccccc2)n(C2CCC(C)CC2)n1. The Labute approximate surface area is 357 Å². The number of unbranched alkanes of at least 4 members (excludes halogenated alkanes) is 2. The summed E-state index contributed by atoms with van der Waals surface area (Å²) in [7, 11) is 1.65. The first-order valence-electron chi connectivity index (χ1n) is 22.9. The minimum absolute atomic E-state index is 0.0406. The van der Waals surface area contributed by atoms with Gasteiger partial charge in [-0.2, -0.15) is 5.10 Å². The first-order valence-corrected chi connectivity index (χ1v) is 22.9. The predicted molar refractivity (Wildman–Crippen MR) is 250 cm³/mol. The second-order valence-corrected chi connectivity index (χ2v) is 15.3. The fraction of sp³-hybridized carbons (Fsp3) is 0.660. The van der Waals surface area contributed by atoms with Crippen molar-refractivity contribution in [3.63, 3.8) is 0 Å². The number of hydrogen-bond donors (Lipinski definition) is 2.